The van der Waals surface area contributed by atoms with E-state index in [1.807, 2.05) is 12.1 Å². The number of nitrogens with zero attached hydrogens (tertiary/aromatic N) is 2. The van der Waals surface area contributed by atoms with Gasteiger partial charge in [-0.1, -0.05) is 11.6 Å². The number of nitrogens with one attached hydrogen (secondary N) is 2. The van der Waals surface area contributed by atoms with Crippen molar-refractivity contribution in [1.29, 1.82) is 0 Å². The number of ether oxygens (including phenoxy) is 1. The summed E-state index contributed by atoms with van der Waals surface area (Å²) < 4.78 is 5.16. The molecule has 3 amide bonds. The summed E-state index contributed by atoms with van der Waals surface area (Å²) in [6, 6.07) is 14.1. The van der Waals surface area contributed by atoms with Crippen LogP contribution in [0.1, 0.15) is 18.4 Å². The lowest BCUT2D eigenvalue weighted by Crippen LogP contribution is -2.53. The van der Waals surface area contributed by atoms with Gasteiger partial charge in [-0.2, -0.15) is 0 Å². The van der Waals surface area contributed by atoms with Crippen LogP contribution in [0.25, 0.3) is 0 Å². The summed E-state index contributed by atoms with van der Waals surface area (Å²) in [6.45, 7) is 0.998. The molecule has 1 saturated heterocycles. The maximum absolute atomic E-state index is 12.5. The molecule has 2 aromatic rings. The van der Waals surface area contributed by atoms with Crippen molar-refractivity contribution in [3.8, 4) is 5.75 Å². The first-order valence-corrected chi connectivity index (χ1v) is 9.74. The topological polar surface area (TPSA) is 83.0 Å². The van der Waals surface area contributed by atoms with Gasteiger partial charge in [0.1, 0.15) is 17.1 Å². The third kappa shape index (κ3) is 4.05. The van der Waals surface area contributed by atoms with Crippen molar-refractivity contribution in [1.82, 2.24) is 10.2 Å². The van der Waals surface area contributed by atoms with E-state index < -0.39 is 5.66 Å². The lowest BCUT2D eigenvalue weighted by atomic mass is 9.98. The van der Waals surface area contributed by atoms with E-state index in [9.17, 15) is 9.59 Å². The summed E-state index contributed by atoms with van der Waals surface area (Å²) in [7, 11) is 1.60. The Bertz CT molecular complexity index is 949. The fraction of sp³-hybridized carbons (Fsp3) is 0.286. The molecule has 0 unspecified atom stereocenters. The molecule has 1 spiro atoms. The summed E-state index contributed by atoms with van der Waals surface area (Å²) in [5.41, 5.74) is 1.21. The predicted octanol–water partition coefficient (Wildman–Crippen LogP) is 3.29. The molecule has 0 radical (unpaired) electrons. The number of hydrogen-bond acceptors (Lipinski definition) is 4. The molecule has 150 valence electrons. The SMILES string of the molecule is COc1ccc(C2=NC3(CCN(C(=O)Nc4ccc(Cl)cc4)CC3)NC2=O)cc1. The molecule has 0 atom stereocenters. The Morgan fingerprint density at radius 1 is 1.14 bits per heavy atom. The van der Waals surface area contributed by atoms with Crippen LogP contribution < -0.4 is 15.4 Å². The van der Waals surface area contributed by atoms with E-state index in [1.54, 1.807) is 48.4 Å². The van der Waals surface area contributed by atoms with Gasteiger partial charge in [0, 0.05) is 42.2 Å². The Kier molecular flexibility index (Phi) is 5.15. The van der Waals surface area contributed by atoms with Crippen LogP contribution in [0, 0.1) is 0 Å². The number of hydrogen-bond donors (Lipinski definition) is 2. The molecule has 7 nitrogen and oxygen atoms in total. The van der Waals surface area contributed by atoms with Crippen molar-refractivity contribution in [2.75, 3.05) is 25.5 Å². The van der Waals surface area contributed by atoms with Crippen LogP contribution in [0.3, 0.4) is 0 Å². The lowest BCUT2D eigenvalue weighted by Gasteiger charge is -2.37. The Morgan fingerprint density at radius 3 is 2.41 bits per heavy atom. The van der Waals surface area contributed by atoms with Gasteiger partial charge in [-0.15, -0.1) is 0 Å². The van der Waals surface area contributed by atoms with E-state index in [0.717, 1.165) is 11.3 Å². The Balaban J connectivity index is 1.41. The monoisotopic (exact) mass is 412 g/mol. The minimum absolute atomic E-state index is 0.175. The van der Waals surface area contributed by atoms with Crippen molar-refractivity contribution in [3.63, 3.8) is 0 Å². The van der Waals surface area contributed by atoms with Crippen LogP contribution >= 0.6 is 11.6 Å². The first-order valence-electron chi connectivity index (χ1n) is 9.36. The van der Waals surface area contributed by atoms with E-state index in [1.165, 1.54) is 0 Å². The third-order valence-corrected chi connectivity index (χ3v) is 5.48. The number of rotatable bonds is 3. The molecule has 4 rings (SSSR count). The molecule has 2 N–H and O–H groups in total. The average molecular weight is 413 g/mol. The van der Waals surface area contributed by atoms with Gasteiger partial charge < -0.3 is 20.3 Å². The molecule has 2 heterocycles. The van der Waals surface area contributed by atoms with Crippen LogP contribution in [0.4, 0.5) is 10.5 Å². The van der Waals surface area contributed by atoms with E-state index in [4.69, 9.17) is 21.3 Å². The van der Waals surface area contributed by atoms with Gasteiger partial charge in [-0.05, 0) is 48.5 Å². The van der Waals surface area contributed by atoms with Crippen LogP contribution in [0.2, 0.25) is 5.02 Å². The second-order valence-corrected chi connectivity index (χ2v) is 7.54. The number of benzene rings is 2. The minimum atomic E-state index is -0.649. The van der Waals surface area contributed by atoms with Crippen molar-refractivity contribution in [2.45, 2.75) is 18.5 Å². The Labute approximate surface area is 173 Å². The highest BCUT2D eigenvalue weighted by Gasteiger charge is 2.42. The van der Waals surface area contributed by atoms with E-state index in [0.29, 0.717) is 42.4 Å². The number of piperidine rings is 1. The molecular formula is C21H21ClN4O3. The molecule has 0 aromatic heterocycles. The number of carbonyl (C=O) groups is 2. The molecule has 2 aliphatic heterocycles. The zero-order valence-corrected chi connectivity index (χ0v) is 16.7. The molecule has 0 bridgehead atoms. The largest absolute Gasteiger partial charge is 0.497 e. The van der Waals surface area contributed by atoms with Crippen LogP contribution in [0.15, 0.2) is 53.5 Å². The number of methoxy groups -OCH3 is 1. The van der Waals surface area contributed by atoms with E-state index in [2.05, 4.69) is 10.6 Å². The van der Waals surface area contributed by atoms with Gasteiger partial charge in [0.15, 0.2) is 0 Å². The molecule has 0 saturated carbocycles. The number of aliphatic imine (C=N–C) groups is 1. The summed E-state index contributed by atoms with van der Waals surface area (Å²) in [5.74, 6) is 0.539. The summed E-state index contributed by atoms with van der Waals surface area (Å²) in [4.78, 5) is 31.5. The van der Waals surface area contributed by atoms with E-state index >= 15 is 0 Å². The smallest absolute Gasteiger partial charge is 0.321 e. The molecule has 0 aliphatic carbocycles. The summed E-state index contributed by atoms with van der Waals surface area (Å²) in [6.07, 6.45) is 1.12. The molecule has 2 aromatic carbocycles. The Morgan fingerprint density at radius 2 is 1.79 bits per heavy atom. The third-order valence-electron chi connectivity index (χ3n) is 5.22. The number of halogens is 1. The van der Waals surface area contributed by atoms with Gasteiger partial charge in [0.25, 0.3) is 5.91 Å². The zero-order chi connectivity index (χ0) is 20.4. The second kappa shape index (κ2) is 7.75. The number of anilines is 1. The fourth-order valence-corrected chi connectivity index (χ4v) is 3.69. The molecule has 2 aliphatic rings. The minimum Gasteiger partial charge on any atom is -0.497 e. The first kappa shape index (κ1) is 19.3. The maximum atomic E-state index is 12.5. The van der Waals surface area contributed by atoms with Crippen molar-refractivity contribution < 1.29 is 14.3 Å². The number of carbonyl (C=O) groups excluding carboxylic acids is 2. The zero-order valence-electron chi connectivity index (χ0n) is 15.9. The van der Waals surface area contributed by atoms with Gasteiger partial charge in [0.2, 0.25) is 0 Å². The Hall–Kier alpha value is -3.06. The normalized spacial score (nSPS) is 17.7. The maximum Gasteiger partial charge on any atom is 0.321 e. The highest BCUT2D eigenvalue weighted by atomic mass is 35.5. The van der Waals surface area contributed by atoms with Crippen molar-refractivity contribution in [2.24, 2.45) is 4.99 Å². The number of likely N-dealkylation sites (tertiary alicyclic amines) is 1. The van der Waals surface area contributed by atoms with Gasteiger partial charge in [-0.25, -0.2) is 4.79 Å². The average Bonchev–Trinajstić information content (AvgIpc) is 3.06. The van der Waals surface area contributed by atoms with Crippen molar-refractivity contribution >= 4 is 34.9 Å². The fourth-order valence-electron chi connectivity index (χ4n) is 3.56. The molecule has 29 heavy (non-hydrogen) atoms. The number of urea groups is 1. The molecular weight excluding hydrogens is 392 g/mol. The van der Waals surface area contributed by atoms with E-state index in [-0.39, 0.29) is 11.9 Å². The van der Waals surface area contributed by atoms with Gasteiger partial charge in [0.05, 0.1) is 7.11 Å². The highest BCUT2D eigenvalue weighted by molar-refractivity contribution is 6.46. The summed E-state index contributed by atoms with van der Waals surface area (Å²) in [5, 5.41) is 6.50. The van der Waals surface area contributed by atoms with Gasteiger partial charge in [-0.3, -0.25) is 9.79 Å². The van der Waals surface area contributed by atoms with Crippen LogP contribution in [-0.2, 0) is 4.79 Å². The first-order chi connectivity index (χ1) is 14.0. The lowest BCUT2D eigenvalue weighted by molar-refractivity contribution is -0.115. The van der Waals surface area contributed by atoms with Crippen molar-refractivity contribution in [3.05, 3.63) is 59.1 Å². The predicted molar refractivity (Wildman–Crippen MR) is 112 cm³/mol. The quantitative estimate of drug-likeness (QED) is 0.811. The highest BCUT2D eigenvalue weighted by Crippen LogP contribution is 2.29. The van der Waals surface area contributed by atoms with Gasteiger partial charge >= 0.3 is 6.03 Å². The summed E-state index contributed by atoms with van der Waals surface area (Å²) >= 11 is 5.87. The van der Waals surface area contributed by atoms with Crippen LogP contribution in [-0.4, -0.2) is 48.4 Å². The van der Waals surface area contributed by atoms with Crippen LogP contribution in [0.5, 0.6) is 5.75 Å². The second-order valence-electron chi connectivity index (χ2n) is 7.10. The number of amides is 3. The molecule has 8 heteroatoms. The molecule has 1 fully saturated rings. The standard InChI is InChI=1S/C21H21ClN4O3/c1-29-17-8-2-14(3-9-17)18-19(27)25-21(24-18)10-12-26(13-11-21)20(28)23-16-6-4-15(22)5-7-16/h2-9H,10-13H2,1H3,(H,23,28)(H,25,27).